The topological polar surface area (TPSA) is 89.4 Å². The number of aromatic nitrogens is 1. The number of nitrogens with one attached hydrogen (secondary N) is 2. The lowest BCUT2D eigenvalue weighted by atomic mass is 9.97. The van der Waals surface area contributed by atoms with Crippen LogP contribution in [0.1, 0.15) is 12.5 Å². The van der Waals surface area contributed by atoms with Gasteiger partial charge in [0.2, 0.25) is 5.43 Å². The highest BCUT2D eigenvalue weighted by atomic mass is 16.5. The number of pyridine rings is 1. The quantitative estimate of drug-likeness (QED) is 0.188. The third-order valence-electron chi connectivity index (χ3n) is 6.86. The van der Waals surface area contributed by atoms with Gasteiger partial charge in [-0.2, -0.15) is 0 Å². The van der Waals surface area contributed by atoms with E-state index < -0.39 is 0 Å². The molecule has 5 rings (SSSR count). The standard InChI is InChI=1S/C33H31N3O3/c1-4-21-5-7-23(8-6-21)28-19-35-20-30(33(28)37)36-26-13-9-22(10-14-26)27-17-24(11-15-29(27)34)25-12-16-31(38-2)32(18-25)39-3/h5-20,36H,4,34H2,1-3H3,(H,35,37). The number of rotatable bonds is 8. The zero-order valence-corrected chi connectivity index (χ0v) is 22.2. The van der Waals surface area contributed by atoms with E-state index in [9.17, 15) is 4.79 Å². The van der Waals surface area contributed by atoms with Crippen molar-refractivity contribution in [2.45, 2.75) is 13.3 Å². The first-order valence-electron chi connectivity index (χ1n) is 12.8. The number of nitrogens with two attached hydrogens (primary N) is 1. The van der Waals surface area contributed by atoms with Gasteiger partial charge in [-0.25, -0.2) is 0 Å². The van der Waals surface area contributed by atoms with Crippen molar-refractivity contribution in [3.63, 3.8) is 0 Å². The fourth-order valence-corrected chi connectivity index (χ4v) is 4.60. The maximum atomic E-state index is 13.2. The largest absolute Gasteiger partial charge is 0.493 e. The summed E-state index contributed by atoms with van der Waals surface area (Å²) >= 11 is 0. The second-order valence-electron chi connectivity index (χ2n) is 9.24. The summed E-state index contributed by atoms with van der Waals surface area (Å²) in [5, 5.41) is 3.26. The van der Waals surface area contributed by atoms with Crippen molar-refractivity contribution in [3.05, 3.63) is 113 Å². The molecule has 0 fully saturated rings. The fourth-order valence-electron chi connectivity index (χ4n) is 4.60. The summed E-state index contributed by atoms with van der Waals surface area (Å²) in [5.74, 6) is 1.35. The average Bonchev–Trinajstić information content (AvgIpc) is 2.98. The monoisotopic (exact) mass is 517 g/mol. The molecule has 6 heteroatoms. The molecule has 4 aromatic carbocycles. The Morgan fingerprint density at radius 3 is 2.03 bits per heavy atom. The average molecular weight is 518 g/mol. The van der Waals surface area contributed by atoms with Gasteiger partial charge in [-0.15, -0.1) is 0 Å². The van der Waals surface area contributed by atoms with Crippen LogP contribution in [0.5, 0.6) is 11.5 Å². The third-order valence-corrected chi connectivity index (χ3v) is 6.86. The Morgan fingerprint density at radius 1 is 0.718 bits per heavy atom. The zero-order valence-electron chi connectivity index (χ0n) is 22.2. The number of hydrogen-bond acceptors (Lipinski definition) is 5. The molecule has 0 bridgehead atoms. The highest BCUT2D eigenvalue weighted by Crippen LogP contribution is 2.36. The molecular weight excluding hydrogens is 486 g/mol. The highest BCUT2D eigenvalue weighted by molar-refractivity contribution is 5.83. The van der Waals surface area contributed by atoms with Gasteiger partial charge in [-0.1, -0.05) is 55.5 Å². The molecule has 1 heterocycles. The predicted molar refractivity (Wildman–Crippen MR) is 160 cm³/mol. The molecule has 0 saturated carbocycles. The predicted octanol–water partition coefficient (Wildman–Crippen LogP) is 7.28. The molecule has 1 aromatic heterocycles. The van der Waals surface area contributed by atoms with Gasteiger partial charge in [0.1, 0.15) is 5.69 Å². The number of ether oxygens (including phenoxy) is 2. The number of nitrogen functional groups attached to an aromatic ring is 1. The van der Waals surface area contributed by atoms with E-state index in [1.165, 1.54) is 5.56 Å². The van der Waals surface area contributed by atoms with Gasteiger partial charge in [-0.3, -0.25) is 4.79 Å². The van der Waals surface area contributed by atoms with Crippen molar-refractivity contribution in [2.24, 2.45) is 0 Å². The van der Waals surface area contributed by atoms with Crippen LogP contribution in [0, 0.1) is 0 Å². The Balaban J connectivity index is 1.40. The molecule has 6 nitrogen and oxygen atoms in total. The summed E-state index contributed by atoms with van der Waals surface area (Å²) in [5.41, 5.74) is 14.9. The molecule has 0 radical (unpaired) electrons. The third kappa shape index (κ3) is 5.36. The molecule has 0 spiro atoms. The van der Waals surface area contributed by atoms with Crippen molar-refractivity contribution in [1.29, 1.82) is 0 Å². The molecule has 39 heavy (non-hydrogen) atoms. The van der Waals surface area contributed by atoms with Crippen molar-refractivity contribution in [2.75, 3.05) is 25.3 Å². The summed E-state index contributed by atoms with van der Waals surface area (Å²) in [6, 6.07) is 27.8. The molecule has 0 atom stereocenters. The summed E-state index contributed by atoms with van der Waals surface area (Å²) in [6.07, 6.45) is 4.39. The van der Waals surface area contributed by atoms with Gasteiger partial charge in [0, 0.05) is 34.9 Å². The summed E-state index contributed by atoms with van der Waals surface area (Å²) in [6.45, 7) is 2.11. The van der Waals surface area contributed by atoms with E-state index in [0.717, 1.165) is 39.9 Å². The van der Waals surface area contributed by atoms with Crippen LogP contribution in [0.4, 0.5) is 17.1 Å². The Hall–Kier alpha value is -4.97. The van der Waals surface area contributed by atoms with Crippen LogP contribution in [0.15, 0.2) is 102 Å². The van der Waals surface area contributed by atoms with E-state index in [1.54, 1.807) is 26.6 Å². The Morgan fingerprint density at radius 2 is 1.33 bits per heavy atom. The molecule has 5 aromatic rings. The Kier molecular flexibility index (Phi) is 7.37. The Labute approximate surface area is 228 Å². The van der Waals surface area contributed by atoms with Gasteiger partial charge in [0.05, 0.1) is 14.2 Å². The van der Waals surface area contributed by atoms with Crippen molar-refractivity contribution >= 4 is 17.1 Å². The van der Waals surface area contributed by atoms with E-state index >= 15 is 0 Å². The first-order valence-corrected chi connectivity index (χ1v) is 12.8. The van der Waals surface area contributed by atoms with Crippen molar-refractivity contribution < 1.29 is 9.47 Å². The Bertz CT molecular complexity index is 1660. The minimum Gasteiger partial charge on any atom is -0.493 e. The molecule has 196 valence electrons. The molecule has 0 aliphatic carbocycles. The fraction of sp³-hybridized carbons (Fsp3) is 0.121. The normalized spacial score (nSPS) is 10.7. The maximum absolute atomic E-state index is 13.2. The molecule has 0 aliphatic heterocycles. The van der Waals surface area contributed by atoms with Crippen molar-refractivity contribution in [3.8, 4) is 44.9 Å². The summed E-state index contributed by atoms with van der Waals surface area (Å²) < 4.78 is 10.8. The zero-order chi connectivity index (χ0) is 27.4. The van der Waals surface area contributed by atoms with E-state index in [1.807, 2.05) is 66.7 Å². The van der Waals surface area contributed by atoms with Gasteiger partial charge in [0.15, 0.2) is 11.5 Å². The van der Waals surface area contributed by atoms with Crippen LogP contribution in [-0.4, -0.2) is 19.2 Å². The van der Waals surface area contributed by atoms with Crippen LogP contribution < -0.4 is 26.0 Å². The van der Waals surface area contributed by atoms with Gasteiger partial charge in [0.25, 0.3) is 0 Å². The van der Waals surface area contributed by atoms with Crippen LogP contribution in [0.2, 0.25) is 0 Å². The SMILES string of the molecule is CCc1ccc(-c2c[nH]cc(Nc3ccc(-c4cc(-c5ccc(OC)c(OC)c5)ccc4N)cc3)c2=O)cc1. The van der Waals surface area contributed by atoms with Crippen LogP contribution >= 0.6 is 0 Å². The first kappa shape index (κ1) is 25.7. The second-order valence-corrected chi connectivity index (χ2v) is 9.24. The first-order chi connectivity index (χ1) is 19.0. The number of methoxy groups -OCH3 is 2. The number of anilines is 3. The summed E-state index contributed by atoms with van der Waals surface area (Å²) in [4.78, 5) is 16.3. The van der Waals surface area contributed by atoms with Crippen LogP contribution in [0.25, 0.3) is 33.4 Å². The second kappa shape index (κ2) is 11.2. The smallest absolute Gasteiger partial charge is 0.212 e. The lowest BCUT2D eigenvalue weighted by Gasteiger charge is -2.13. The maximum Gasteiger partial charge on any atom is 0.212 e. The molecule has 0 amide bonds. The van der Waals surface area contributed by atoms with Crippen LogP contribution in [-0.2, 0) is 6.42 Å². The number of aryl methyl sites for hydroxylation is 1. The lowest BCUT2D eigenvalue weighted by Crippen LogP contribution is -2.11. The minimum absolute atomic E-state index is 0.0612. The number of benzene rings is 4. The van der Waals surface area contributed by atoms with E-state index in [4.69, 9.17) is 15.2 Å². The molecule has 0 unspecified atom stereocenters. The molecule has 0 aliphatic rings. The van der Waals surface area contributed by atoms with Gasteiger partial charge < -0.3 is 25.5 Å². The lowest BCUT2D eigenvalue weighted by molar-refractivity contribution is 0.355. The summed E-state index contributed by atoms with van der Waals surface area (Å²) in [7, 11) is 3.24. The van der Waals surface area contributed by atoms with Gasteiger partial charge in [-0.05, 0) is 70.6 Å². The number of H-pyrrole nitrogens is 1. The number of hydrogen-bond donors (Lipinski definition) is 3. The van der Waals surface area contributed by atoms with Crippen molar-refractivity contribution in [1.82, 2.24) is 4.98 Å². The molecular formula is C33H31N3O3. The highest BCUT2D eigenvalue weighted by Gasteiger charge is 2.11. The van der Waals surface area contributed by atoms with Crippen LogP contribution in [0.3, 0.4) is 0 Å². The van der Waals surface area contributed by atoms with E-state index in [-0.39, 0.29) is 5.43 Å². The number of aromatic amines is 1. The molecule has 4 N–H and O–H groups in total. The van der Waals surface area contributed by atoms with Gasteiger partial charge >= 0.3 is 0 Å². The van der Waals surface area contributed by atoms with E-state index in [0.29, 0.717) is 28.4 Å². The molecule has 0 saturated heterocycles. The minimum atomic E-state index is -0.0612. The van der Waals surface area contributed by atoms with E-state index in [2.05, 4.69) is 35.4 Å².